The second-order valence-electron chi connectivity index (χ2n) is 3.84. The zero-order valence-electron chi connectivity index (χ0n) is 9.96. The first-order valence-corrected chi connectivity index (χ1v) is 7.01. The lowest BCUT2D eigenvalue weighted by Crippen LogP contribution is -2.20. The van der Waals surface area contributed by atoms with Gasteiger partial charge < -0.3 is 5.32 Å². The molecule has 0 saturated carbocycles. The van der Waals surface area contributed by atoms with Crippen LogP contribution in [0.2, 0.25) is 0 Å². The normalized spacial score (nSPS) is 11.5. The van der Waals surface area contributed by atoms with Crippen LogP contribution in [-0.4, -0.2) is 27.8 Å². The fourth-order valence-corrected chi connectivity index (χ4v) is 2.54. The van der Waals surface area contributed by atoms with Crippen molar-refractivity contribution in [1.82, 2.24) is 5.32 Å². The summed E-state index contributed by atoms with van der Waals surface area (Å²) in [5.41, 5.74) is 0.998. The van der Waals surface area contributed by atoms with Gasteiger partial charge in [-0.3, -0.25) is 4.72 Å². The molecule has 0 aliphatic carbocycles. The molecule has 0 unspecified atom stereocenters. The van der Waals surface area contributed by atoms with Gasteiger partial charge in [0.1, 0.15) is 5.82 Å². The lowest BCUT2D eigenvalue weighted by Gasteiger charge is -2.10. The van der Waals surface area contributed by atoms with Gasteiger partial charge in [-0.1, -0.05) is 6.07 Å². The maximum absolute atomic E-state index is 13.0. The number of sulfonamides is 1. The van der Waals surface area contributed by atoms with E-state index in [4.69, 9.17) is 0 Å². The van der Waals surface area contributed by atoms with E-state index in [0.29, 0.717) is 24.2 Å². The van der Waals surface area contributed by atoms with E-state index in [1.165, 1.54) is 12.1 Å². The van der Waals surface area contributed by atoms with Gasteiger partial charge in [-0.2, -0.15) is 0 Å². The predicted molar refractivity (Wildman–Crippen MR) is 67.1 cm³/mol. The van der Waals surface area contributed by atoms with Crippen LogP contribution < -0.4 is 10.0 Å². The van der Waals surface area contributed by atoms with Crippen LogP contribution in [0.15, 0.2) is 18.2 Å². The van der Waals surface area contributed by atoms with Crippen molar-refractivity contribution in [1.29, 1.82) is 0 Å². The average molecular weight is 260 g/mol. The first kappa shape index (κ1) is 13.9. The van der Waals surface area contributed by atoms with Crippen LogP contribution >= 0.6 is 0 Å². The summed E-state index contributed by atoms with van der Waals surface area (Å²) in [5.74, 6) is -0.437. The Morgan fingerprint density at radius 2 is 2.06 bits per heavy atom. The second-order valence-corrected chi connectivity index (χ2v) is 5.68. The topological polar surface area (TPSA) is 58.2 Å². The first-order chi connectivity index (χ1) is 7.94. The summed E-state index contributed by atoms with van der Waals surface area (Å²) in [6, 6.07) is 4.03. The third-order valence-electron chi connectivity index (χ3n) is 2.30. The maximum Gasteiger partial charge on any atom is 0.232 e. The molecule has 2 N–H and O–H groups in total. The van der Waals surface area contributed by atoms with Gasteiger partial charge in [0.05, 0.1) is 11.4 Å². The van der Waals surface area contributed by atoms with Crippen LogP contribution in [0.1, 0.15) is 12.0 Å². The Balaban J connectivity index is 2.72. The summed E-state index contributed by atoms with van der Waals surface area (Å²) in [6.07, 6.45) is 0.514. The Morgan fingerprint density at radius 1 is 1.35 bits per heavy atom. The van der Waals surface area contributed by atoms with E-state index >= 15 is 0 Å². The van der Waals surface area contributed by atoms with Gasteiger partial charge in [0.15, 0.2) is 0 Å². The molecular weight excluding hydrogens is 243 g/mol. The van der Waals surface area contributed by atoms with Crippen molar-refractivity contribution in [2.24, 2.45) is 0 Å². The minimum atomic E-state index is -3.40. The lowest BCUT2D eigenvalue weighted by atomic mass is 10.2. The van der Waals surface area contributed by atoms with Gasteiger partial charge in [-0.15, -0.1) is 0 Å². The van der Waals surface area contributed by atoms with Gasteiger partial charge in [-0.05, 0) is 44.6 Å². The van der Waals surface area contributed by atoms with Crippen molar-refractivity contribution in [2.75, 3.05) is 24.1 Å². The van der Waals surface area contributed by atoms with Crippen LogP contribution in [0.3, 0.4) is 0 Å². The summed E-state index contributed by atoms with van der Waals surface area (Å²) < 4.78 is 38.7. The average Bonchev–Trinajstić information content (AvgIpc) is 2.23. The maximum atomic E-state index is 13.0. The van der Waals surface area contributed by atoms with Gasteiger partial charge >= 0.3 is 0 Å². The Bertz CT molecular complexity index is 474. The van der Waals surface area contributed by atoms with Gasteiger partial charge in [-0.25, -0.2) is 12.8 Å². The zero-order valence-corrected chi connectivity index (χ0v) is 10.8. The van der Waals surface area contributed by atoms with E-state index in [-0.39, 0.29) is 5.75 Å². The van der Waals surface area contributed by atoms with Crippen molar-refractivity contribution in [3.05, 3.63) is 29.6 Å². The van der Waals surface area contributed by atoms with Crippen LogP contribution in [0.5, 0.6) is 0 Å². The number of benzene rings is 1. The number of rotatable bonds is 6. The Labute approximate surface area is 101 Å². The van der Waals surface area contributed by atoms with E-state index in [0.717, 1.165) is 0 Å². The number of halogens is 1. The fraction of sp³-hybridized carbons (Fsp3) is 0.455. The lowest BCUT2D eigenvalue weighted by molar-refractivity contribution is 0.596. The van der Waals surface area contributed by atoms with E-state index in [1.807, 2.05) is 0 Å². The van der Waals surface area contributed by atoms with Gasteiger partial charge in [0.2, 0.25) is 10.0 Å². The molecule has 1 aromatic rings. The first-order valence-electron chi connectivity index (χ1n) is 5.36. The number of nitrogens with one attached hydrogen (secondary N) is 2. The molecule has 1 aromatic carbocycles. The Hall–Kier alpha value is -1.14. The second kappa shape index (κ2) is 5.97. The summed E-state index contributed by atoms with van der Waals surface area (Å²) in [4.78, 5) is 0. The highest BCUT2D eigenvalue weighted by Crippen LogP contribution is 2.17. The molecule has 6 heteroatoms. The molecule has 96 valence electrons. The predicted octanol–water partition coefficient (Wildman–Crippen LogP) is 1.49. The SMILES string of the molecule is CNCCCS(=O)(=O)Nc1cc(F)ccc1C. The molecule has 1 rings (SSSR count). The van der Waals surface area contributed by atoms with E-state index in [9.17, 15) is 12.8 Å². The molecule has 0 amide bonds. The molecule has 0 bridgehead atoms. The van der Waals surface area contributed by atoms with Crippen molar-refractivity contribution in [2.45, 2.75) is 13.3 Å². The Morgan fingerprint density at radius 3 is 2.71 bits per heavy atom. The minimum absolute atomic E-state index is 0.0177. The molecule has 0 spiro atoms. The Kier molecular flexibility index (Phi) is 4.89. The minimum Gasteiger partial charge on any atom is -0.320 e. The van der Waals surface area contributed by atoms with E-state index < -0.39 is 15.8 Å². The summed E-state index contributed by atoms with van der Waals surface area (Å²) >= 11 is 0. The molecule has 0 radical (unpaired) electrons. The number of anilines is 1. The molecule has 0 fully saturated rings. The highest BCUT2D eigenvalue weighted by atomic mass is 32.2. The van der Waals surface area contributed by atoms with Crippen molar-refractivity contribution < 1.29 is 12.8 Å². The number of aryl methyl sites for hydroxylation is 1. The van der Waals surface area contributed by atoms with E-state index in [1.54, 1.807) is 20.0 Å². The molecule has 0 aliphatic rings. The fourth-order valence-electron chi connectivity index (χ4n) is 1.36. The van der Waals surface area contributed by atoms with Gasteiger partial charge in [0.25, 0.3) is 0 Å². The third-order valence-corrected chi connectivity index (χ3v) is 3.66. The monoisotopic (exact) mass is 260 g/mol. The zero-order chi connectivity index (χ0) is 12.9. The van der Waals surface area contributed by atoms with Crippen LogP contribution in [0.25, 0.3) is 0 Å². The molecule has 0 atom stereocenters. The van der Waals surface area contributed by atoms with Gasteiger partial charge in [0, 0.05) is 0 Å². The smallest absolute Gasteiger partial charge is 0.232 e. The highest BCUT2D eigenvalue weighted by molar-refractivity contribution is 7.92. The largest absolute Gasteiger partial charge is 0.320 e. The highest BCUT2D eigenvalue weighted by Gasteiger charge is 2.11. The molecule has 17 heavy (non-hydrogen) atoms. The quantitative estimate of drug-likeness (QED) is 0.762. The molecule has 0 aliphatic heterocycles. The van der Waals surface area contributed by atoms with Crippen LogP contribution in [-0.2, 0) is 10.0 Å². The van der Waals surface area contributed by atoms with Crippen molar-refractivity contribution in [3.63, 3.8) is 0 Å². The summed E-state index contributed by atoms with van der Waals surface area (Å²) in [5, 5.41) is 2.87. The standard InChI is InChI=1S/C11H17FN2O2S/c1-9-4-5-10(12)8-11(9)14-17(15,16)7-3-6-13-2/h4-5,8,13-14H,3,6-7H2,1-2H3. The van der Waals surface area contributed by atoms with E-state index in [2.05, 4.69) is 10.0 Å². The molecule has 0 heterocycles. The molecule has 4 nitrogen and oxygen atoms in total. The van der Waals surface area contributed by atoms with Crippen molar-refractivity contribution in [3.8, 4) is 0 Å². The van der Waals surface area contributed by atoms with Crippen LogP contribution in [0.4, 0.5) is 10.1 Å². The number of hydrogen-bond acceptors (Lipinski definition) is 3. The van der Waals surface area contributed by atoms with Crippen molar-refractivity contribution >= 4 is 15.7 Å². The number of hydrogen-bond donors (Lipinski definition) is 2. The van der Waals surface area contributed by atoms with Crippen LogP contribution in [0, 0.1) is 12.7 Å². The molecular formula is C11H17FN2O2S. The summed E-state index contributed by atoms with van der Waals surface area (Å²) in [7, 11) is -1.64. The molecule has 0 saturated heterocycles. The molecule has 0 aromatic heterocycles. The summed E-state index contributed by atoms with van der Waals surface area (Å²) in [6.45, 7) is 2.36. The third kappa shape index (κ3) is 4.70.